The minimum absolute atomic E-state index is 0.126. The lowest BCUT2D eigenvalue weighted by Gasteiger charge is -2.22. The molecular weight excluding hydrogens is 260 g/mol. The highest BCUT2D eigenvalue weighted by atomic mass is 16.2. The second-order valence-corrected chi connectivity index (χ2v) is 4.57. The van der Waals surface area contributed by atoms with Crippen molar-refractivity contribution in [3.05, 3.63) is 6.07 Å². The van der Waals surface area contributed by atoms with E-state index in [1.807, 2.05) is 6.92 Å². The Hall–Kier alpha value is -2.38. The predicted octanol–water partition coefficient (Wildman–Crippen LogP) is 0.0978. The molecule has 1 aliphatic heterocycles. The summed E-state index contributed by atoms with van der Waals surface area (Å²) in [6, 6.07) is 1.21. The third kappa shape index (κ3) is 3.56. The number of aromatic nitrogens is 2. The molecule has 8 nitrogen and oxygen atoms in total. The number of carbonyl (C=O) groups excluding carboxylic acids is 2. The van der Waals surface area contributed by atoms with Gasteiger partial charge in [-0.05, 0) is 12.8 Å². The first-order valence-electron chi connectivity index (χ1n) is 6.57. The number of carbonyl (C=O) groups is 2. The number of amides is 2. The van der Waals surface area contributed by atoms with Gasteiger partial charge in [-0.3, -0.25) is 14.9 Å². The highest BCUT2D eigenvalue weighted by molar-refractivity contribution is 6.01. The summed E-state index contributed by atoms with van der Waals surface area (Å²) in [6.45, 7) is 2.81. The molecule has 1 atom stereocenters. The molecule has 108 valence electrons. The Balaban J connectivity index is 2.06. The van der Waals surface area contributed by atoms with Gasteiger partial charge in [0, 0.05) is 19.0 Å². The second kappa shape index (κ2) is 6.18. The van der Waals surface area contributed by atoms with Gasteiger partial charge in [-0.15, -0.1) is 0 Å². The van der Waals surface area contributed by atoms with E-state index >= 15 is 0 Å². The van der Waals surface area contributed by atoms with Crippen LogP contribution in [-0.2, 0) is 9.59 Å². The van der Waals surface area contributed by atoms with E-state index in [9.17, 15) is 9.59 Å². The molecule has 2 amide bonds. The molecule has 1 unspecified atom stereocenters. The van der Waals surface area contributed by atoms with E-state index in [4.69, 9.17) is 5.73 Å². The lowest BCUT2D eigenvalue weighted by Crippen LogP contribution is -2.47. The highest BCUT2D eigenvalue weighted by Crippen LogP contribution is 2.16. The largest absolute Gasteiger partial charge is 0.370 e. The Morgan fingerprint density at radius 2 is 2.15 bits per heavy atom. The van der Waals surface area contributed by atoms with Gasteiger partial charge in [-0.1, -0.05) is 6.92 Å². The molecule has 2 rings (SSSR count). The molecule has 0 spiro atoms. The number of rotatable bonds is 5. The third-order valence-corrected chi connectivity index (χ3v) is 2.86. The molecule has 5 N–H and O–H groups in total. The molecule has 8 heteroatoms. The lowest BCUT2D eigenvalue weighted by molar-refractivity contribution is -0.133. The number of nitrogen functional groups attached to an aromatic ring is 1. The lowest BCUT2D eigenvalue weighted by atomic mass is 10.1. The third-order valence-electron chi connectivity index (χ3n) is 2.86. The molecular formula is C12H18N6O2. The van der Waals surface area contributed by atoms with Crippen molar-refractivity contribution >= 4 is 29.4 Å². The molecule has 1 saturated heterocycles. The Bertz CT molecular complexity index is 519. The number of nitrogens with two attached hydrogens (primary N) is 1. The van der Waals surface area contributed by atoms with E-state index in [2.05, 4.69) is 25.9 Å². The van der Waals surface area contributed by atoms with Gasteiger partial charge in [0.1, 0.15) is 17.7 Å². The van der Waals surface area contributed by atoms with Gasteiger partial charge in [-0.2, -0.15) is 9.97 Å². The Kier molecular flexibility index (Phi) is 4.34. The zero-order valence-electron chi connectivity index (χ0n) is 11.3. The summed E-state index contributed by atoms with van der Waals surface area (Å²) in [4.78, 5) is 30.8. The number of hydrogen-bond acceptors (Lipinski definition) is 7. The fraction of sp³-hybridized carbons (Fsp3) is 0.500. The number of nitrogens with one attached hydrogen (secondary N) is 3. The summed E-state index contributed by atoms with van der Waals surface area (Å²) in [5.74, 6) is 0.600. The van der Waals surface area contributed by atoms with Crippen LogP contribution in [0.5, 0.6) is 0 Å². The van der Waals surface area contributed by atoms with Crippen molar-refractivity contribution in [1.82, 2.24) is 15.3 Å². The molecule has 0 radical (unpaired) electrons. The Labute approximate surface area is 116 Å². The molecule has 1 aliphatic rings. The van der Waals surface area contributed by atoms with E-state index in [0.717, 1.165) is 13.0 Å². The first-order chi connectivity index (χ1) is 9.58. The highest BCUT2D eigenvalue weighted by Gasteiger charge is 2.26. The van der Waals surface area contributed by atoms with Crippen LogP contribution in [0.2, 0.25) is 0 Å². The van der Waals surface area contributed by atoms with Gasteiger partial charge < -0.3 is 16.4 Å². The second-order valence-electron chi connectivity index (χ2n) is 4.57. The molecule has 0 saturated carbocycles. The van der Waals surface area contributed by atoms with Crippen molar-refractivity contribution in [2.75, 3.05) is 22.9 Å². The average Bonchev–Trinajstić information content (AvgIpc) is 2.39. The van der Waals surface area contributed by atoms with Crippen molar-refractivity contribution in [2.45, 2.75) is 32.2 Å². The molecule has 0 aromatic carbocycles. The quantitative estimate of drug-likeness (QED) is 0.563. The van der Waals surface area contributed by atoms with Crippen LogP contribution < -0.4 is 21.7 Å². The summed E-state index contributed by atoms with van der Waals surface area (Å²) in [5.41, 5.74) is 5.64. The van der Waals surface area contributed by atoms with Crippen molar-refractivity contribution in [2.24, 2.45) is 0 Å². The van der Waals surface area contributed by atoms with Crippen LogP contribution >= 0.6 is 0 Å². The van der Waals surface area contributed by atoms with Gasteiger partial charge in [0.25, 0.3) is 0 Å². The zero-order chi connectivity index (χ0) is 14.5. The van der Waals surface area contributed by atoms with E-state index < -0.39 is 6.04 Å². The molecule has 1 aromatic rings. The van der Waals surface area contributed by atoms with Gasteiger partial charge in [0.05, 0.1) is 0 Å². The van der Waals surface area contributed by atoms with Crippen LogP contribution in [0.25, 0.3) is 0 Å². The number of imide groups is 1. The van der Waals surface area contributed by atoms with Crippen LogP contribution in [0.1, 0.15) is 26.2 Å². The summed E-state index contributed by atoms with van der Waals surface area (Å²) in [7, 11) is 0. The standard InChI is InChI=1S/C12H18N6O2/c1-2-5-14-8-6-9(17-12(13)16-8)15-7-3-4-10(19)18-11(7)20/h6-7H,2-5H2,1H3,(H,18,19,20)(H4,13,14,15,16,17). The maximum absolute atomic E-state index is 11.7. The van der Waals surface area contributed by atoms with Crippen molar-refractivity contribution in [3.63, 3.8) is 0 Å². The first kappa shape index (κ1) is 14.0. The van der Waals surface area contributed by atoms with Crippen molar-refractivity contribution < 1.29 is 9.59 Å². The fourth-order valence-corrected chi connectivity index (χ4v) is 1.89. The smallest absolute Gasteiger partial charge is 0.249 e. The fourth-order valence-electron chi connectivity index (χ4n) is 1.89. The Morgan fingerprint density at radius 3 is 2.85 bits per heavy atom. The minimum atomic E-state index is -0.485. The normalized spacial score (nSPS) is 18.6. The molecule has 0 aliphatic carbocycles. The number of hydrogen-bond donors (Lipinski definition) is 4. The summed E-state index contributed by atoms with van der Waals surface area (Å²) in [5, 5.41) is 8.36. The van der Waals surface area contributed by atoms with Crippen LogP contribution in [0.3, 0.4) is 0 Å². The summed E-state index contributed by atoms with van der Waals surface area (Å²) in [6.07, 6.45) is 1.71. The van der Waals surface area contributed by atoms with E-state index in [1.165, 1.54) is 0 Å². The summed E-state index contributed by atoms with van der Waals surface area (Å²) >= 11 is 0. The predicted molar refractivity (Wildman–Crippen MR) is 75.0 cm³/mol. The topological polar surface area (TPSA) is 122 Å². The monoisotopic (exact) mass is 278 g/mol. The number of piperidine rings is 1. The van der Waals surface area contributed by atoms with Crippen LogP contribution in [0.15, 0.2) is 6.07 Å². The molecule has 20 heavy (non-hydrogen) atoms. The molecule has 1 fully saturated rings. The van der Waals surface area contributed by atoms with Crippen LogP contribution in [-0.4, -0.2) is 34.4 Å². The van der Waals surface area contributed by atoms with E-state index in [1.54, 1.807) is 6.07 Å². The van der Waals surface area contributed by atoms with Gasteiger partial charge in [-0.25, -0.2) is 0 Å². The van der Waals surface area contributed by atoms with Gasteiger partial charge in [0.2, 0.25) is 17.8 Å². The number of anilines is 3. The first-order valence-corrected chi connectivity index (χ1v) is 6.57. The van der Waals surface area contributed by atoms with E-state index in [-0.39, 0.29) is 17.8 Å². The Morgan fingerprint density at radius 1 is 1.40 bits per heavy atom. The van der Waals surface area contributed by atoms with Crippen molar-refractivity contribution in [1.29, 1.82) is 0 Å². The van der Waals surface area contributed by atoms with Crippen molar-refractivity contribution in [3.8, 4) is 0 Å². The average molecular weight is 278 g/mol. The van der Waals surface area contributed by atoms with Crippen LogP contribution in [0.4, 0.5) is 17.6 Å². The minimum Gasteiger partial charge on any atom is -0.370 e. The SMILES string of the molecule is CCCNc1cc(NC2CCC(=O)NC2=O)nc(N)n1. The van der Waals surface area contributed by atoms with Crippen LogP contribution in [0, 0.1) is 0 Å². The molecule has 1 aromatic heterocycles. The molecule has 2 heterocycles. The van der Waals surface area contributed by atoms with Gasteiger partial charge >= 0.3 is 0 Å². The maximum atomic E-state index is 11.7. The van der Waals surface area contributed by atoms with Gasteiger partial charge in [0.15, 0.2) is 0 Å². The zero-order valence-corrected chi connectivity index (χ0v) is 11.3. The van der Waals surface area contributed by atoms with E-state index in [0.29, 0.717) is 24.5 Å². The summed E-state index contributed by atoms with van der Waals surface area (Å²) < 4.78 is 0. The molecule has 0 bridgehead atoms. The number of nitrogens with zero attached hydrogens (tertiary/aromatic N) is 2. The maximum Gasteiger partial charge on any atom is 0.249 e.